The summed E-state index contributed by atoms with van der Waals surface area (Å²) in [6.07, 6.45) is 0.585. The van der Waals surface area contributed by atoms with E-state index < -0.39 is 53.1 Å². The number of alkyl halides is 2. The first-order valence-corrected chi connectivity index (χ1v) is 18.9. The van der Waals surface area contributed by atoms with Crippen LogP contribution in [0.1, 0.15) is 89.0 Å². The van der Waals surface area contributed by atoms with E-state index in [2.05, 4.69) is 11.4 Å². The van der Waals surface area contributed by atoms with E-state index >= 15 is 0 Å². The van der Waals surface area contributed by atoms with Crippen LogP contribution in [0.5, 0.6) is 11.5 Å². The molecule has 1 N–H and O–H groups in total. The molecule has 0 saturated heterocycles. The molecule has 6 rings (SSSR count). The zero-order chi connectivity index (χ0) is 38.2. The second-order valence-corrected chi connectivity index (χ2v) is 17.6. The van der Waals surface area contributed by atoms with Crippen molar-refractivity contribution in [2.24, 2.45) is 5.41 Å². The van der Waals surface area contributed by atoms with Crippen LogP contribution in [-0.2, 0) is 24.5 Å². The SMILES string of the molecule is Cc1ccc(S(=O)(=O)OCCC(F)(F)CCOc2c(Cl)cc(C(C)(C)c3ccc(OCC45CC(NC(=O)OC(C)(C)C)(C4)C5)cc3)cc2C#N)cc1. The first-order chi connectivity index (χ1) is 24.2. The van der Waals surface area contributed by atoms with Crippen molar-refractivity contribution in [3.05, 3.63) is 87.9 Å². The van der Waals surface area contributed by atoms with E-state index in [1.165, 1.54) is 12.1 Å². The van der Waals surface area contributed by atoms with Crippen molar-refractivity contribution in [2.75, 3.05) is 19.8 Å². The summed E-state index contributed by atoms with van der Waals surface area (Å²) >= 11 is 6.56. The second-order valence-electron chi connectivity index (χ2n) is 15.6. The van der Waals surface area contributed by atoms with Gasteiger partial charge in [0, 0.05) is 29.2 Å². The van der Waals surface area contributed by atoms with Gasteiger partial charge in [-0.1, -0.05) is 55.3 Å². The number of nitrogens with one attached hydrogen (secondary N) is 1. The van der Waals surface area contributed by atoms with Gasteiger partial charge < -0.3 is 19.5 Å². The maximum atomic E-state index is 14.6. The van der Waals surface area contributed by atoms with Gasteiger partial charge in [-0.25, -0.2) is 13.6 Å². The van der Waals surface area contributed by atoms with Crippen molar-refractivity contribution >= 4 is 27.8 Å². The van der Waals surface area contributed by atoms with E-state index in [0.29, 0.717) is 12.4 Å². The molecular formula is C39H45ClF2N2O7S. The third kappa shape index (κ3) is 9.17. The summed E-state index contributed by atoms with van der Waals surface area (Å²) in [4.78, 5) is 12.1. The lowest BCUT2D eigenvalue weighted by atomic mass is 9.39. The first kappa shape index (κ1) is 39.3. The number of alkyl carbamates (subject to hydrolysis) is 1. The van der Waals surface area contributed by atoms with Crippen molar-refractivity contribution in [1.29, 1.82) is 5.26 Å². The lowest BCUT2D eigenvalue weighted by Gasteiger charge is -2.69. The van der Waals surface area contributed by atoms with Crippen molar-refractivity contribution in [3.63, 3.8) is 0 Å². The number of benzene rings is 3. The Hall–Kier alpha value is -3.92. The molecule has 0 unspecified atom stereocenters. The summed E-state index contributed by atoms with van der Waals surface area (Å²) in [6, 6.07) is 18.9. The van der Waals surface area contributed by atoms with E-state index in [1.807, 2.05) is 58.9 Å². The van der Waals surface area contributed by atoms with Crippen LogP contribution >= 0.6 is 11.6 Å². The van der Waals surface area contributed by atoms with Gasteiger partial charge >= 0.3 is 6.09 Å². The average molecular weight is 759 g/mol. The number of rotatable bonds is 15. The largest absolute Gasteiger partial charge is 0.493 e. The molecule has 3 aromatic rings. The second kappa shape index (κ2) is 14.5. The zero-order valence-electron chi connectivity index (χ0n) is 30.3. The van der Waals surface area contributed by atoms with Crippen LogP contribution in [-0.4, -0.2) is 51.4 Å². The Morgan fingerprint density at radius 2 is 1.54 bits per heavy atom. The molecule has 2 bridgehead atoms. The minimum atomic E-state index is -4.17. The highest BCUT2D eigenvalue weighted by atomic mass is 35.5. The molecule has 0 aromatic heterocycles. The number of ether oxygens (including phenoxy) is 3. The lowest BCUT2D eigenvalue weighted by Crippen LogP contribution is -2.76. The van der Waals surface area contributed by atoms with Gasteiger partial charge in [0.25, 0.3) is 16.0 Å². The molecule has 0 radical (unpaired) electrons. The van der Waals surface area contributed by atoms with E-state index in [0.717, 1.165) is 36.0 Å². The smallest absolute Gasteiger partial charge is 0.408 e. The van der Waals surface area contributed by atoms with Crippen molar-refractivity contribution in [1.82, 2.24) is 5.32 Å². The van der Waals surface area contributed by atoms with Gasteiger partial charge in [0.05, 0.1) is 35.3 Å². The normalized spacial score (nSPS) is 19.8. The summed E-state index contributed by atoms with van der Waals surface area (Å²) < 4.78 is 75.8. The van der Waals surface area contributed by atoms with Crippen molar-refractivity contribution in [3.8, 4) is 17.6 Å². The van der Waals surface area contributed by atoms with E-state index in [1.54, 1.807) is 31.2 Å². The van der Waals surface area contributed by atoms with E-state index in [4.69, 9.17) is 30.0 Å². The number of aryl methyl sites for hydroxylation is 1. The minimum Gasteiger partial charge on any atom is -0.493 e. The average Bonchev–Trinajstić information content (AvgIpc) is 3.01. The van der Waals surface area contributed by atoms with Gasteiger partial charge in [0.1, 0.15) is 17.4 Å². The summed E-state index contributed by atoms with van der Waals surface area (Å²) in [6.45, 7) is 10.7. The van der Waals surface area contributed by atoms with Crippen LogP contribution in [0.3, 0.4) is 0 Å². The summed E-state index contributed by atoms with van der Waals surface area (Å²) in [7, 11) is -4.17. The summed E-state index contributed by atoms with van der Waals surface area (Å²) in [5, 5.41) is 13.0. The molecule has 0 atom stereocenters. The predicted molar refractivity (Wildman–Crippen MR) is 193 cm³/mol. The maximum absolute atomic E-state index is 14.6. The van der Waals surface area contributed by atoms with E-state index in [-0.39, 0.29) is 38.3 Å². The topological polar surface area (TPSA) is 124 Å². The molecule has 3 aliphatic carbocycles. The standard InChI is InChI=1S/C39H45ClF2N2O7S/c1-26-7-13-31(14-8-26)52(46,47)50-18-16-39(41,42)15-17-48-33-27(21-43)19-29(20-32(33)40)36(5,6)28-9-11-30(12-10-28)49-25-37-22-38(23-37,24-37)44-34(45)51-35(2,3)4/h7-14,19-20H,15-18,22-25H2,1-6H3,(H,44,45). The fourth-order valence-corrected chi connectivity index (χ4v) is 8.04. The number of nitrogens with zero attached hydrogens (tertiary/aromatic N) is 1. The van der Waals surface area contributed by atoms with E-state index in [9.17, 15) is 27.3 Å². The Morgan fingerprint density at radius 1 is 0.923 bits per heavy atom. The zero-order valence-corrected chi connectivity index (χ0v) is 31.8. The number of amides is 1. The third-order valence-corrected chi connectivity index (χ3v) is 11.3. The molecule has 1 amide bonds. The quantitative estimate of drug-likeness (QED) is 0.153. The molecule has 3 aromatic carbocycles. The number of halogens is 3. The van der Waals surface area contributed by atoms with Gasteiger partial charge in [-0.2, -0.15) is 13.7 Å². The molecule has 3 aliphatic rings. The number of carbonyl (C=O) groups excluding carboxylic acids is 1. The molecular weight excluding hydrogens is 714 g/mol. The lowest BCUT2D eigenvalue weighted by molar-refractivity contribution is -0.170. The number of hydrogen-bond acceptors (Lipinski definition) is 8. The van der Waals surface area contributed by atoms with Gasteiger partial charge in [0.2, 0.25) is 0 Å². The number of nitriles is 1. The molecule has 9 nitrogen and oxygen atoms in total. The number of hydrogen-bond donors (Lipinski definition) is 1. The molecule has 0 spiro atoms. The molecule has 3 saturated carbocycles. The van der Waals surface area contributed by atoms with Crippen LogP contribution in [0, 0.1) is 23.7 Å². The van der Waals surface area contributed by atoms with Gasteiger partial charge in [-0.3, -0.25) is 4.18 Å². The van der Waals surface area contributed by atoms with Crippen LogP contribution < -0.4 is 14.8 Å². The predicted octanol–water partition coefficient (Wildman–Crippen LogP) is 8.87. The maximum Gasteiger partial charge on any atom is 0.408 e. The van der Waals surface area contributed by atoms with Crippen LogP contribution in [0.15, 0.2) is 65.6 Å². The van der Waals surface area contributed by atoms with Crippen molar-refractivity contribution < 1.29 is 40.4 Å². The molecule has 0 heterocycles. The molecule has 13 heteroatoms. The molecule has 0 aliphatic heterocycles. The van der Waals surface area contributed by atoms with Crippen LogP contribution in [0.25, 0.3) is 0 Å². The molecule has 3 fully saturated rings. The highest BCUT2D eigenvalue weighted by molar-refractivity contribution is 7.86. The summed E-state index contributed by atoms with van der Waals surface area (Å²) in [5.74, 6) is -2.58. The van der Waals surface area contributed by atoms with Gasteiger partial charge in [-0.15, -0.1) is 0 Å². The molecule has 52 heavy (non-hydrogen) atoms. The number of carbonyl (C=O) groups is 1. The minimum absolute atomic E-state index is 0.00172. The highest BCUT2D eigenvalue weighted by Crippen LogP contribution is 2.67. The third-order valence-electron chi connectivity index (χ3n) is 9.64. The van der Waals surface area contributed by atoms with Crippen LogP contribution in [0.2, 0.25) is 5.02 Å². The molecule has 280 valence electrons. The summed E-state index contributed by atoms with van der Waals surface area (Å²) in [5.41, 5.74) is 1.34. The van der Waals surface area contributed by atoms with Gasteiger partial charge in [-0.05, 0) is 94.5 Å². The first-order valence-electron chi connectivity index (χ1n) is 17.1. The Labute approximate surface area is 309 Å². The monoisotopic (exact) mass is 758 g/mol. The Morgan fingerprint density at radius 3 is 2.13 bits per heavy atom. The Bertz CT molecular complexity index is 1920. The fraction of sp³-hybridized carbons (Fsp3) is 0.487. The van der Waals surface area contributed by atoms with Crippen molar-refractivity contribution in [2.45, 2.75) is 101 Å². The van der Waals surface area contributed by atoms with Gasteiger partial charge in [0.15, 0.2) is 5.75 Å². The fourth-order valence-electron chi connectivity index (χ4n) is 6.86. The Kier molecular flexibility index (Phi) is 10.9. The van der Waals surface area contributed by atoms with Crippen LogP contribution in [0.4, 0.5) is 13.6 Å². The Balaban J connectivity index is 1.12. The highest BCUT2D eigenvalue weighted by Gasteiger charge is 2.69.